The highest BCUT2D eigenvalue weighted by Crippen LogP contribution is 2.34. The SMILES string of the molecule is CCn1c(SCC(=O)NCCC(C)C)nc2scc(-c3cccs3)c2c1=O. The number of aromatic nitrogens is 2. The number of fused-ring (bicyclic) bond motifs is 1. The Labute approximate surface area is 170 Å². The average molecular weight is 422 g/mol. The lowest BCUT2D eigenvalue weighted by Crippen LogP contribution is -2.28. The number of hydrogen-bond acceptors (Lipinski definition) is 6. The summed E-state index contributed by atoms with van der Waals surface area (Å²) < 4.78 is 1.66. The van der Waals surface area contributed by atoms with Gasteiger partial charge in [0.15, 0.2) is 5.16 Å². The Morgan fingerprint density at radius 2 is 2.19 bits per heavy atom. The van der Waals surface area contributed by atoms with Crippen LogP contribution in [0.4, 0.5) is 0 Å². The van der Waals surface area contributed by atoms with Crippen molar-refractivity contribution in [3.8, 4) is 10.4 Å². The first-order valence-corrected chi connectivity index (χ1v) is 11.7. The van der Waals surface area contributed by atoms with E-state index >= 15 is 0 Å². The standard InChI is InChI=1S/C19H23N3O2S3/c1-4-22-18(24)16-13(14-6-5-9-25-14)10-26-17(16)21-19(22)27-11-15(23)20-8-7-12(2)3/h5-6,9-10,12H,4,7-8,11H2,1-3H3,(H,20,23). The fourth-order valence-electron chi connectivity index (χ4n) is 2.69. The minimum Gasteiger partial charge on any atom is -0.355 e. The summed E-state index contributed by atoms with van der Waals surface area (Å²) in [7, 11) is 0. The number of nitrogens with one attached hydrogen (secondary N) is 1. The van der Waals surface area contributed by atoms with E-state index < -0.39 is 0 Å². The van der Waals surface area contributed by atoms with Crippen LogP contribution >= 0.6 is 34.4 Å². The number of carbonyl (C=O) groups is 1. The molecule has 1 N–H and O–H groups in total. The van der Waals surface area contributed by atoms with Gasteiger partial charge in [-0.05, 0) is 30.7 Å². The van der Waals surface area contributed by atoms with Crippen LogP contribution < -0.4 is 10.9 Å². The second kappa shape index (κ2) is 9.03. The largest absolute Gasteiger partial charge is 0.355 e. The molecule has 3 aromatic heterocycles. The van der Waals surface area contributed by atoms with Crippen molar-refractivity contribution in [1.82, 2.24) is 14.9 Å². The van der Waals surface area contributed by atoms with Gasteiger partial charge >= 0.3 is 0 Å². The van der Waals surface area contributed by atoms with E-state index in [1.165, 1.54) is 23.1 Å². The molecule has 3 rings (SSSR count). The minimum atomic E-state index is -0.0325. The molecule has 0 fully saturated rings. The van der Waals surface area contributed by atoms with E-state index in [0.29, 0.717) is 29.6 Å². The molecule has 3 aromatic rings. The number of rotatable bonds is 8. The highest BCUT2D eigenvalue weighted by atomic mass is 32.2. The molecule has 0 unspecified atom stereocenters. The quantitative estimate of drug-likeness (QED) is 0.431. The third-order valence-corrected chi connectivity index (χ3v) is 6.89. The smallest absolute Gasteiger partial charge is 0.263 e. The van der Waals surface area contributed by atoms with Gasteiger partial charge in [0.05, 0.1) is 11.1 Å². The van der Waals surface area contributed by atoms with Crippen LogP contribution in [0.5, 0.6) is 0 Å². The van der Waals surface area contributed by atoms with Crippen LogP contribution in [-0.2, 0) is 11.3 Å². The molecular weight excluding hydrogens is 398 g/mol. The van der Waals surface area contributed by atoms with E-state index in [0.717, 1.165) is 21.7 Å². The summed E-state index contributed by atoms with van der Waals surface area (Å²) >= 11 is 4.42. The lowest BCUT2D eigenvalue weighted by molar-refractivity contribution is -0.118. The summed E-state index contributed by atoms with van der Waals surface area (Å²) in [5.74, 6) is 0.797. The molecule has 27 heavy (non-hydrogen) atoms. The number of nitrogens with zero attached hydrogens (tertiary/aromatic N) is 2. The molecule has 0 aliphatic rings. The molecule has 0 radical (unpaired) electrons. The summed E-state index contributed by atoms with van der Waals surface area (Å²) in [6.45, 7) is 7.40. The maximum absolute atomic E-state index is 13.1. The molecule has 0 aliphatic heterocycles. The summed E-state index contributed by atoms with van der Waals surface area (Å²) in [5.41, 5.74) is 0.919. The summed E-state index contributed by atoms with van der Waals surface area (Å²) in [6.07, 6.45) is 0.959. The molecule has 0 atom stereocenters. The minimum absolute atomic E-state index is 0.0249. The van der Waals surface area contributed by atoms with Gasteiger partial charge in [-0.1, -0.05) is 31.7 Å². The van der Waals surface area contributed by atoms with E-state index in [-0.39, 0.29) is 17.2 Å². The van der Waals surface area contributed by atoms with Crippen molar-refractivity contribution in [2.24, 2.45) is 5.92 Å². The Bertz CT molecular complexity index is 974. The predicted octanol–water partition coefficient (Wildman–Crippen LogP) is 4.46. The van der Waals surface area contributed by atoms with E-state index in [2.05, 4.69) is 24.1 Å². The van der Waals surface area contributed by atoms with E-state index in [1.807, 2.05) is 29.8 Å². The second-order valence-electron chi connectivity index (χ2n) is 6.57. The monoisotopic (exact) mass is 421 g/mol. The van der Waals surface area contributed by atoms with Gasteiger partial charge < -0.3 is 5.32 Å². The second-order valence-corrected chi connectivity index (χ2v) is 9.32. The van der Waals surface area contributed by atoms with Crippen LogP contribution in [0, 0.1) is 5.92 Å². The van der Waals surface area contributed by atoms with Crippen LogP contribution in [0.3, 0.4) is 0 Å². The zero-order chi connectivity index (χ0) is 19.4. The number of hydrogen-bond donors (Lipinski definition) is 1. The van der Waals surface area contributed by atoms with Gasteiger partial charge in [-0.25, -0.2) is 4.98 Å². The van der Waals surface area contributed by atoms with Crippen molar-refractivity contribution < 1.29 is 4.79 Å². The van der Waals surface area contributed by atoms with Gasteiger partial charge in [0.2, 0.25) is 5.91 Å². The Morgan fingerprint density at radius 3 is 2.85 bits per heavy atom. The summed E-state index contributed by atoms with van der Waals surface area (Å²) in [6, 6.07) is 4.00. The number of thiophene rings is 2. The third-order valence-electron chi connectivity index (χ3n) is 4.14. The molecular formula is C19H23N3O2S3. The Kier molecular flexibility index (Phi) is 6.73. The lowest BCUT2D eigenvalue weighted by atomic mass is 10.1. The average Bonchev–Trinajstić information content (AvgIpc) is 3.29. The maximum Gasteiger partial charge on any atom is 0.263 e. The predicted molar refractivity (Wildman–Crippen MR) is 116 cm³/mol. The fraction of sp³-hybridized carbons (Fsp3) is 0.421. The van der Waals surface area contributed by atoms with E-state index in [9.17, 15) is 9.59 Å². The van der Waals surface area contributed by atoms with Crippen molar-refractivity contribution in [1.29, 1.82) is 0 Å². The van der Waals surface area contributed by atoms with Gasteiger partial charge in [-0.3, -0.25) is 14.2 Å². The van der Waals surface area contributed by atoms with Crippen molar-refractivity contribution in [3.05, 3.63) is 33.2 Å². The molecule has 1 amide bonds. The molecule has 0 saturated carbocycles. The number of carbonyl (C=O) groups excluding carboxylic acids is 1. The van der Waals surface area contributed by atoms with Crippen LogP contribution in [0.15, 0.2) is 32.8 Å². The van der Waals surface area contributed by atoms with Gasteiger partial charge in [0.25, 0.3) is 5.56 Å². The molecule has 5 nitrogen and oxygen atoms in total. The van der Waals surface area contributed by atoms with E-state index in [4.69, 9.17) is 0 Å². The van der Waals surface area contributed by atoms with Crippen molar-refractivity contribution >= 4 is 50.6 Å². The molecule has 8 heteroatoms. The first-order valence-electron chi connectivity index (χ1n) is 8.96. The highest BCUT2D eigenvalue weighted by molar-refractivity contribution is 7.99. The van der Waals surface area contributed by atoms with Crippen molar-refractivity contribution in [2.75, 3.05) is 12.3 Å². The fourth-order valence-corrected chi connectivity index (χ4v) is 5.39. The number of thioether (sulfide) groups is 1. The van der Waals surface area contributed by atoms with Crippen LogP contribution in [0.1, 0.15) is 27.2 Å². The first kappa shape index (κ1) is 20.1. The van der Waals surface area contributed by atoms with Gasteiger partial charge in [-0.2, -0.15) is 0 Å². The third kappa shape index (κ3) is 4.62. The van der Waals surface area contributed by atoms with E-state index in [1.54, 1.807) is 15.9 Å². The lowest BCUT2D eigenvalue weighted by Gasteiger charge is -2.11. The molecule has 0 aromatic carbocycles. The zero-order valence-electron chi connectivity index (χ0n) is 15.7. The van der Waals surface area contributed by atoms with Crippen molar-refractivity contribution in [3.63, 3.8) is 0 Å². The van der Waals surface area contributed by atoms with Gasteiger partial charge in [0, 0.05) is 28.9 Å². The maximum atomic E-state index is 13.1. The molecule has 0 aliphatic carbocycles. The molecule has 0 bridgehead atoms. The van der Waals surface area contributed by atoms with Crippen LogP contribution in [0.25, 0.3) is 20.7 Å². The molecule has 144 valence electrons. The Hall–Kier alpha value is -1.64. The first-order chi connectivity index (χ1) is 13.0. The van der Waals surface area contributed by atoms with Crippen LogP contribution in [-0.4, -0.2) is 27.8 Å². The summed E-state index contributed by atoms with van der Waals surface area (Å²) in [4.78, 5) is 31.6. The molecule has 0 saturated heterocycles. The normalized spacial score (nSPS) is 11.4. The highest BCUT2D eigenvalue weighted by Gasteiger charge is 2.17. The number of amides is 1. The molecule has 0 spiro atoms. The van der Waals surface area contributed by atoms with Crippen LogP contribution in [0.2, 0.25) is 0 Å². The van der Waals surface area contributed by atoms with Gasteiger partial charge in [-0.15, -0.1) is 22.7 Å². The van der Waals surface area contributed by atoms with Crippen molar-refractivity contribution in [2.45, 2.75) is 38.9 Å². The molecule has 3 heterocycles. The zero-order valence-corrected chi connectivity index (χ0v) is 18.1. The topological polar surface area (TPSA) is 64.0 Å². The Balaban J connectivity index is 1.82. The Morgan fingerprint density at radius 1 is 1.37 bits per heavy atom. The summed E-state index contributed by atoms with van der Waals surface area (Å²) in [5, 5.41) is 8.21. The van der Waals surface area contributed by atoms with Gasteiger partial charge in [0.1, 0.15) is 4.83 Å².